The summed E-state index contributed by atoms with van der Waals surface area (Å²) in [6.07, 6.45) is 7.16. The quantitative estimate of drug-likeness (QED) is 0.630. The first-order valence-electron chi connectivity index (χ1n) is 7.21. The molecule has 3 N–H and O–H groups in total. The molecule has 1 unspecified atom stereocenters. The van der Waals surface area contributed by atoms with Gasteiger partial charge in [-0.15, -0.1) is 0 Å². The maximum absolute atomic E-state index is 10.8. The van der Waals surface area contributed by atoms with E-state index >= 15 is 0 Å². The molecule has 1 aliphatic rings. The van der Waals surface area contributed by atoms with Crippen molar-refractivity contribution in [2.75, 3.05) is 13.7 Å². The Kier molecular flexibility index (Phi) is 5.43. The molecule has 7 heteroatoms. The third-order valence-corrected chi connectivity index (χ3v) is 4.41. The van der Waals surface area contributed by atoms with Crippen molar-refractivity contribution in [3.05, 3.63) is 30.1 Å². The Hall–Kier alpha value is -2.02. The second kappa shape index (κ2) is 7.31. The van der Waals surface area contributed by atoms with Gasteiger partial charge in [0.2, 0.25) is 0 Å². The largest absolute Gasteiger partial charge is 0.386 e. The summed E-state index contributed by atoms with van der Waals surface area (Å²) in [5.74, 6) is -0.552. The topological polar surface area (TPSA) is 89.6 Å². The molecule has 2 rings (SSSR count). The first-order chi connectivity index (χ1) is 10.6. The normalized spacial score (nSPS) is 23.0. The number of aromatic nitrogens is 1. The Balaban J connectivity index is 2.43. The van der Waals surface area contributed by atoms with E-state index in [2.05, 4.69) is 15.5 Å². The molecule has 1 aliphatic carbocycles. The zero-order valence-electron chi connectivity index (χ0n) is 12.5. The number of primary amides is 1. The molecule has 6 nitrogen and oxygen atoms in total. The van der Waals surface area contributed by atoms with E-state index in [1.165, 1.54) is 0 Å². The minimum atomic E-state index is -0.552. The minimum absolute atomic E-state index is 0.237. The molecule has 1 heterocycles. The number of carbonyl (C=O) groups is 1. The van der Waals surface area contributed by atoms with Crippen LogP contribution < -0.4 is 11.1 Å². The lowest BCUT2D eigenvalue weighted by molar-refractivity contribution is -0.122. The van der Waals surface area contributed by atoms with Gasteiger partial charge in [0.05, 0.1) is 16.1 Å². The van der Waals surface area contributed by atoms with Crippen LogP contribution in [0.3, 0.4) is 0 Å². The van der Waals surface area contributed by atoms with Gasteiger partial charge < -0.3 is 15.9 Å². The van der Waals surface area contributed by atoms with Crippen molar-refractivity contribution in [1.29, 1.82) is 0 Å². The van der Waals surface area contributed by atoms with Crippen molar-refractivity contribution in [3.63, 3.8) is 0 Å². The van der Waals surface area contributed by atoms with E-state index < -0.39 is 11.3 Å². The Labute approximate surface area is 135 Å². The van der Waals surface area contributed by atoms with Gasteiger partial charge in [-0.1, -0.05) is 29.9 Å². The van der Waals surface area contributed by atoms with E-state index in [1.807, 2.05) is 12.1 Å². The summed E-state index contributed by atoms with van der Waals surface area (Å²) in [5, 5.41) is 7.26. The average molecular weight is 320 g/mol. The summed E-state index contributed by atoms with van der Waals surface area (Å²) in [6.45, 7) is -0.237. The fourth-order valence-electron chi connectivity index (χ4n) is 2.85. The van der Waals surface area contributed by atoms with Crippen LogP contribution in [0.2, 0.25) is 0 Å². The summed E-state index contributed by atoms with van der Waals surface area (Å²) in [7, 11) is 1.80. The van der Waals surface area contributed by atoms with E-state index in [9.17, 15) is 4.79 Å². The standard InChI is InChI=1S/C15H20N4O2S/c1-17-14(22)15(11-5-4-8-18-9-11)7-3-2-6-12(15)19-21-10-13(16)20/h4-5,8-9H,2-3,6-7,10H2,1H3,(H2,16,20)(H,17,22)/b19-12+. The Morgan fingerprint density at radius 3 is 3.05 bits per heavy atom. The Bertz CT molecular complexity index is 576. The van der Waals surface area contributed by atoms with E-state index in [0.717, 1.165) is 37.0 Å². The van der Waals surface area contributed by atoms with Crippen LogP contribution in [-0.2, 0) is 15.0 Å². The summed E-state index contributed by atoms with van der Waals surface area (Å²) < 4.78 is 0. The van der Waals surface area contributed by atoms with Gasteiger partial charge in [0.25, 0.3) is 5.91 Å². The molecule has 1 fully saturated rings. The lowest BCUT2D eigenvalue weighted by atomic mass is 9.68. The predicted molar refractivity (Wildman–Crippen MR) is 88.6 cm³/mol. The van der Waals surface area contributed by atoms with Crippen LogP contribution >= 0.6 is 12.2 Å². The van der Waals surface area contributed by atoms with Gasteiger partial charge in [0.15, 0.2) is 6.61 Å². The molecule has 0 radical (unpaired) electrons. The molecule has 0 spiro atoms. The van der Waals surface area contributed by atoms with Crippen LogP contribution in [0.25, 0.3) is 0 Å². The molecule has 0 bridgehead atoms. The number of oxime groups is 1. The van der Waals surface area contributed by atoms with Crippen LogP contribution in [-0.4, -0.2) is 35.2 Å². The van der Waals surface area contributed by atoms with Crippen LogP contribution in [0.5, 0.6) is 0 Å². The van der Waals surface area contributed by atoms with Gasteiger partial charge in [-0.2, -0.15) is 0 Å². The van der Waals surface area contributed by atoms with Crippen molar-refractivity contribution in [3.8, 4) is 0 Å². The summed E-state index contributed by atoms with van der Waals surface area (Å²) in [5.41, 5.74) is 6.35. The number of thiocarbonyl (C=S) groups is 1. The highest BCUT2D eigenvalue weighted by Gasteiger charge is 2.44. The number of likely N-dealkylation sites (N-methyl/N-ethyl adjacent to an activating group) is 1. The van der Waals surface area contributed by atoms with Crippen LogP contribution in [0.15, 0.2) is 29.7 Å². The predicted octanol–water partition coefficient (Wildman–Crippen LogP) is 1.30. The summed E-state index contributed by atoms with van der Waals surface area (Å²) in [6, 6.07) is 3.87. The summed E-state index contributed by atoms with van der Waals surface area (Å²) >= 11 is 5.58. The highest BCUT2D eigenvalue weighted by atomic mass is 32.1. The Morgan fingerprint density at radius 2 is 2.41 bits per heavy atom. The fourth-order valence-corrected chi connectivity index (χ4v) is 3.19. The monoisotopic (exact) mass is 320 g/mol. The second-order valence-electron chi connectivity index (χ2n) is 5.21. The molecule has 22 heavy (non-hydrogen) atoms. The molecule has 0 saturated heterocycles. The third-order valence-electron chi connectivity index (χ3n) is 3.86. The van der Waals surface area contributed by atoms with Crippen molar-refractivity contribution in [1.82, 2.24) is 10.3 Å². The molecule has 1 aromatic rings. The smallest absolute Gasteiger partial charge is 0.258 e. The molecule has 1 aromatic heterocycles. The van der Waals surface area contributed by atoms with Crippen LogP contribution in [0.4, 0.5) is 0 Å². The van der Waals surface area contributed by atoms with Gasteiger partial charge in [0, 0.05) is 19.4 Å². The van der Waals surface area contributed by atoms with Crippen molar-refractivity contribution in [2.45, 2.75) is 31.1 Å². The minimum Gasteiger partial charge on any atom is -0.386 e. The molecule has 1 saturated carbocycles. The average Bonchev–Trinajstić information content (AvgIpc) is 2.55. The van der Waals surface area contributed by atoms with E-state index in [1.54, 1.807) is 19.4 Å². The maximum Gasteiger partial charge on any atom is 0.258 e. The van der Waals surface area contributed by atoms with Gasteiger partial charge in [-0.3, -0.25) is 9.78 Å². The van der Waals surface area contributed by atoms with Crippen molar-refractivity contribution in [2.24, 2.45) is 10.9 Å². The van der Waals surface area contributed by atoms with Gasteiger partial charge in [-0.25, -0.2) is 0 Å². The number of hydrogen-bond donors (Lipinski definition) is 2. The number of pyridine rings is 1. The molecule has 1 amide bonds. The lowest BCUT2D eigenvalue weighted by Crippen LogP contribution is -2.50. The molecule has 0 aliphatic heterocycles. The van der Waals surface area contributed by atoms with E-state index in [4.69, 9.17) is 22.8 Å². The molecular weight excluding hydrogens is 300 g/mol. The number of nitrogens with one attached hydrogen (secondary N) is 1. The molecule has 1 atom stereocenters. The zero-order chi connectivity index (χ0) is 16.0. The summed E-state index contributed by atoms with van der Waals surface area (Å²) in [4.78, 5) is 20.8. The molecule has 0 aromatic carbocycles. The van der Waals surface area contributed by atoms with Gasteiger partial charge in [-0.05, 0) is 30.9 Å². The van der Waals surface area contributed by atoms with Crippen LogP contribution in [0.1, 0.15) is 31.2 Å². The third kappa shape index (κ3) is 3.24. The van der Waals surface area contributed by atoms with Crippen LogP contribution in [0, 0.1) is 0 Å². The molecular formula is C15H20N4O2S. The number of amides is 1. The van der Waals surface area contributed by atoms with Gasteiger partial charge >= 0.3 is 0 Å². The molecule has 118 valence electrons. The zero-order valence-corrected chi connectivity index (χ0v) is 13.4. The van der Waals surface area contributed by atoms with Crippen molar-refractivity contribution >= 4 is 28.8 Å². The fraction of sp³-hybridized carbons (Fsp3) is 0.467. The first-order valence-corrected chi connectivity index (χ1v) is 7.62. The number of carbonyl (C=O) groups excluding carboxylic acids is 1. The van der Waals surface area contributed by atoms with Gasteiger partial charge in [0.1, 0.15) is 0 Å². The SMILES string of the molecule is CNC(=S)C1(c2cccnc2)CCCC/C1=N\OCC(N)=O. The van der Waals surface area contributed by atoms with E-state index in [-0.39, 0.29) is 6.61 Å². The Morgan fingerprint density at radius 1 is 1.59 bits per heavy atom. The highest BCUT2D eigenvalue weighted by molar-refractivity contribution is 7.80. The number of nitrogens with two attached hydrogens (primary N) is 1. The lowest BCUT2D eigenvalue weighted by Gasteiger charge is -2.38. The number of nitrogens with zero attached hydrogens (tertiary/aromatic N) is 2. The van der Waals surface area contributed by atoms with Crippen molar-refractivity contribution < 1.29 is 9.63 Å². The van der Waals surface area contributed by atoms with E-state index in [0.29, 0.717) is 4.99 Å². The highest BCUT2D eigenvalue weighted by Crippen LogP contribution is 2.38. The first kappa shape index (κ1) is 16.4. The number of hydrogen-bond acceptors (Lipinski definition) is 5. The second-order valence-corrected chi connectivity index (χ2v) is 5.62. The maximum atomic E-state index is 10.8. The number of rotatable bonds is 5.